The molecular formula is C14H24O5SSi2. The van der Waals surface area contributed by atoms with Crippen LogP contribution in [0.2, 0.25) is 13.1 Å². The third kappa shape index (κ3) is 4.27. The second-order valence-electron chi connectivity index (χ2n) is 5.51. The summed E-state index contributed by atoms with van der Waals surface area (Å²) in [7, 11) is -5.34. The molecule has 1 aliphatic rings. The summed E-state index contributed by atoms with van der Waals surface area (Å²) < 4.78 is 42.3. The SMILES string of the molecule is C[SiH2]OCC(O[SiH2]C)(OS(=O)(=O)c1ccc(C)cc1)C1CC1. The summed E-state index contributed by atoms with van der Waals surface area (Å²) in [6.45, 7) is 6.11. The summed E-state index contributed by atoms with van der Waals surface area (Å²) in [5.41, 5.74) is 1.00. The second kappa shape index (κ2) is 7.37. The smallest absolute Gasteiger partial charge is 0.299 e. The molecule has 1 aromatic carbocycles. The Kier molecular flexibility index (Phi) is 5.97. The van der Waals surface area contributed by atoms with Gasteiger partial charge in [-0.1, -0.05) is 30.8 Å². The summed E-state index contributed by atoms with van der Waals surface area (Å²) >= 11 is 0. The Balaban J connectivity index is 2.26. The summed E-state index contributed by atoms with van der Waals surface area (Å²) in [5, 5.41) is 0. The van der Waals surface area contributed by atoms with Crippen LogP contribution in [0.5, 0.6) is 0 Å². The zero-order valence-electron chi connectivity index (χ0n) is 13.4. The maximum atomic E-state index is 12.6. The van der Waals surface area contributed by atoms with Crippen molar-refractivity contribution in [1.29, 1.82) is 0 Å². The van der Waals surface area contributed by atoms with Crippen molar-refractivity contribution in [2.24, 2.45) is 5.92 Å². The Hall–Kier alpha value is -0.516. The minimum absolute atomic E-state index is 0.112. The molecule has 2 rings (SSSR count). The van der Waals surface area contributed by atoms with E-state index in [1.165, 1.54) is 0 Å². The van der Waals surface area contributed by atoms with Crippen LogP contribution in [0.1, 0.15) is 18.4 Å². The van der Waals surface area contributed by atoms with Crippen LogP contribution in [0, 0.1) is 12.8 Å². The lowest BCUT2D eigenvalue weighted by Gasteiger charge is -2.33. The van der Waals surface area contributed by atoms with E-state index in [0.717, 1.165) is 18.4 Å². The Morgan fingerprint density at radius 3 is 2.32 bits per heavy atom. The molecule has 0 N–H and O–H groups in total. The number of benzene rings is 1. The molecule has 0 spiro atoms. The molecule has 0 amide bonds. The molecule has 1 aromatic rings. The molecule has 0 aromatic heterocycles. The van der Waals surface area contributed by atoms with Crippen LogP contribution in [0.3, 0.4) is 0 Å². The summed E-state index contributed by atoms with van der Waals surface area (Å²) in [5.74, 6) is -1.01. The first-order valence-electron chi connectivity index (χ1n) is 7.67. The minimum atomic E-state index is -3.86. The lowest BCUT2D eigenvalue weighted by molar-refractivity contribution is -0.150. The molecule has 0 aliphatic heterocycles. The fourth-order valence-corrected chi connectivity index (χ4v) is 4.95. The van der Waals surface area contributed by atoms with E-state index in [-0.39, 0.29) is 17.4 Å². The molecular weight excluding hydrogens is 336 g/mol. The molecule has 5 nitrogen and oxygen atoms in total. The highest BCUT2D eigenvalue weighted by atomic mass is 32.2. The predicted octanol–water partition coefficient (Wildman–Crippen LogP) is 1.10. The van der Waals surface area contributed by atoms with Crippen molar-refractivity contribution in [3.63, 3.8) is 0 Å². The van der Waals surface area contributed by atoms with Crippen LogP contribution in [0.15, 0.2) is 29.2 Å². The Bertz CT molecular complexity index is 586. The van der Waals surface area contributed by atoms with E-state index in [1.807, 2.05) is 20.0 Å². The highest BCUT2D eigenvalue weighted by molar-refractivity contribution is 7.86. The van der Waals surface area contributed by atoms with Crippen molar-refractivity contribution < 1.29 is 21.5 Å². The average Bonchev–Trinajstić information content (AvgIpc) is 3.30. The van der Waals surface area contributed by atoms with Gasteiger partial charge in [0.1, 0.15) is 0 Å². The highest BCUT2D eigenvalue weighted by Crippen LogP contribution is 2.44. The molecule has 22 heavy (non-hydrogen) atoms. The van der Waals surface area contributed by atoms with Crippen LogP contribution >= 0.6 is 0 Å². The molecule has 0 heterocycles. The van der Waals surface area contributed by atoms with Crippen molar-refractivity contribution in [2.75, 3.05) is 6.61 Å². The van der Waals surface area contributed by atoms with Crippen LogP contribution in [0.4, 0.5) is 0 Å². The molecule has 124 valence electrons. The van der Waals surface area contributed by atoms with Gasteiger partial charge < -0.3 is 8.85 Å². The predicted molar refractivity (Wildman–Crippen MR) is 90.8 cm³/mol. The normalized spacial score (nSPS) is 19.2. The third-order valence-electron chi connectivity index (χ3n) is 3.66. The van der Waals surface area contributed by atoms with Crippen LogP contribution in [-0.2, 0) is 23.2 Å². The van der Waals surface area contributed by atoms with Crippen molar-refractivity contribution in [2.45, 2.75) is 43.5 Å². The first kappa shape index (κ1) is 17.8. The minimum Gasteiger partial charge on any atom is -0.419 e. The maximum Gasteiger partial charge on any atom is 0.299 e. The Morgan fingerprint density at radius 2 is 1.82 bits per heavy atom. The van der Waals surface area contributed by atoms with Gasteiger partial charge in [-0.05, 0) is 31.9 Å². The van der Waals surface area contributed by atoms with Gasteiger partial charge in [0.25, 0.3) is 10.1 Å². The number of rotatable bonds is 9. The zero-order valence-corrected chi connectivity index (χ0v) is 17.0. The van der Waals surface area contributed by atoms with Crippen molar-refractivity contribution in [3.05, 3.63) is 29.8 Å². The van der Waals surface area contributed by atoms with Gasteiger partial charge in [-0.2, -0.15) is 8.42 Å². The van der Waals surface area contributed by atoms with Gasteiger partial charge in [-0.3, -0.25) is 0 Å². The first-order valence-corrected chi connectivity index (χ1v) is 13.1. The average molecular weight is 361 g/mol. The topological polar surface area (TPSA) is 61.8 Å². The number of hydrogen-bond acceptors (Lipinski definition) is 5. The second-order valence-corrected chi connectivity index (χ2v) is 8.90. The molecule has 1 unspecified atom stereocenters. The van der Waals surface area contributed by atoms with Gasteiger partial charge in [0.15, 0.2) is 19.5 Å². The highest BCUT2D eigenvalue weighted by Gasteiger charge is 2.50. The van der Waals surface area contributed by atoms with E-state index in [1.54, 1.807) is 24.3 Å². The van der Waals surface area contributed by atoms with E-state index in [2.05, 4.69) is 0 Å². The maximum absolute atomic E-state index is 12.6. The molecule has 1 fully saturated rings. The lowest BCUT2D eigenvalue weighted by atomic mass is 10.2. The molecule has 1 aliphatic carbocycles. The zero-order chi connectivity index (χ0) is 16.2. The van der Waals surface area contributed by atoms with E-state index < -0.39 is 35.4 Å². The molecule has 0 bridgehead atoms. The largest absolute Gasteiger partial charge is 0.419 e. The van der Waals surface area contributed by atoms with Crippen LogP contribution < -0.4 is 0 Å². The van der Waals surface area contributed by atoms with E-state index in [0.29, 0.717) is 0 Å². The molecule has 0 radical (unpaired) electrons. The summed E-state index contributed by atoms with van der Waals surface area (Å²) in [6.07, 6.45) is 1.85. The quantitative estimate of drug-likeness (QED) is 0.375. The standard InChI is InChI=1S/C14H24O5SSi2/c1-11-4-8-13(9-5-11)20(15,16)18-14(19-22-3,10-17-21-2)12-6-7-12/h4-5,8-9,12H,6-7,10,21-22H2,1-3H3. The molecule has 1 atom stereocenters. The van der Waals surface area contributed by atoms with Gasteiger partial charge in [0.2, 0.25) is 5.79 Å². The monoisotopic (exact) mass is 360 g/mol. The summed E-state index contributed by atoms with van der Waals surface area (Å²) in [4.78, 5) is 0.165. The van der Waals surface area contributed by atoms with Gasteiger partial charge in [-0.25, -0.2) is 4.18 Å². The van der Waals surface area contributed by atoms with Crippen LogP contribution in [0.25, 0.3) is 0 Å². The molecule has 8 heteroatoms. The van der Waals surface area contributed by atoms with Crippen molar-refractivity contribution >= 4 is 29.6 Å². The third-order valence-corrected chi connectivity index (χ3v) is 6.40. The van der Waals surface area contributed by atoms with Crippen molar-refractivity contribution in [3.8, 4) is 0 Å². The van der Waals surface area contributed by atoms with E-state index >= 15 is 0 Å². The summed E-state index contributed by atoms with van der Waals surface area (Å²) in [6, 6.07) is 6.67. The van der Waals surface area contributed by atoms with Gasteiger partial charge in [0, 0.05) is 5.92 Å². The number of aryl methyl sites for hydroxylation is 1. The number of hydrogen-bond donors (Lipinski definition) is 0. The fourth-order valence-electron chi connectivity index (χ4n) is 2.34. The van der Waals surface area contributed by atoms with Gasteiger partial charge >= 0.3 is 0 Å². The Labute approximate surface area is 137 Å². The Morgan fingerprint density at radius 1 is 1.18 bits per heavy atom. The fraction of sp³-hybridized carbons (Fsp3) is 0.571. The van der Waals surface area contributed by atoms with Gasteiger partial charge in [-0.15, -0.1) is 0 Å². The van der Waals surface area contributed by atoms with Crippen molar-refractivity contribution in [1.82, 2.24) is 0 Å². The van der Waals surface area contributed by atoms with Crippen LogP contribution in [-0.4, -0.2) is 40.3 Å². The molecule has 0 saturated heterocycles. The first-order chi connectivity index (χ1) is 10.4. The van der Waals surface area contributed by atoms with E-state index in [4.69, 9.17) is 13.0 Å². The van der Waals surface area contributed by atoms with E-state index in [9.17, 15) is 8.42 Å². The lowest BCUT2D eigenvalue weighted by Crippen LogP contribution is -2.46. The molecule has 1 saturated carbocycles. The van der Waals surface area contributed by atoms with Gasteiger partial charge in [0.05, 0.1) is 11.5 Å².